The Morgan fingerprint density at radius 2 is 2.22 bits per heavy atom. The molecule has 0 aromatic heterocycles. The van der Waals surface area contributed by atoms with E-state index in [4.69, 9.17) is 0 Å². The third kappa shape index (κ3) is 5.17. The highest BCUT2D eigenvalue weighted by Crippen LogP contribution is 2.04. The zero-order chi connectivity index (χ0) is 7.11. The van der Waals surface area contributed by atoms with Crippen molar-refractivity contribution in [2.45, 2.75) is 26.2 Å². The Balaban J connectivity index is 3.24. The van der Waals surface area contributed by atoms with Gasteiger partial charge in [-0.15, -0.1) is 11.8 Å². The van der Waals surface area contributed by atoms with Crippen LogP contribution in [0.2, 0.25) is 0 Å². The summed E-state index contributed by atoms with van der Waals surface area (Å²) < 4.78 is 0. The number of hydrogen-bond donors (Lipinski definition) is 0. The van der Waals surface area contributed by atoms with Gasteiger partial charge < -0.3 is 0 Å². The van der Waals surface area contributed by atoms with Crippen LogP contribution in [0.1, 0.15) is 26.2 Å². The van der Waals surface area contributed by atoms with E-state index >= 15 is 0 Å². The summed E-state index contributed by atoms with van der Waals surface area (Å²) in [4.78, 5) is 0. The van der Waals surface area contributed by atoms with Gasteiger partial charge in [0.2, 0.25) is 0 Å². The molecule has 0 heteroatoms. The zero-order valence-electron chi connectivity index (χ0n) is 6.04. The van der Waals surface area contributed by atoms with Gasteiger partial charge in [-0.1, -0.05) is 19.1 Å². The third-order valence-electron chi connectivity index (χ3n) is 1.23. The van der Waals surface area contributed by atoms with Gasteiger partial charge in [-0.3, -0.25) is 0 Å². The van der Waals surface area contributed by atoms with Crippen molar-refractivity contribution in [3.63, 3.8) is 0 Å². The first kappa shape index (κ1) is 8.30. The minimum Gasteiger partial charge on any atom is -0.103 e. The lowest BCUT2D eigenvalue weighted by Crippen LogP contribution is -1.76. The molecule has 0 aromatic rings. The molecule has 0 saturated heterocycles. The maximum Gasteiger partial charge on any atom is 0.0198 e. The Kier molecular flexibility index (Phi) is 5.01. The van der Waals surface area contributed by atoms with Gasteiger partial charge >= 0.3 is 0 Å². The first-order valence-corrected chi connectivity index (χ1v) is 3.22. The highest BCUT2D eigenvalue weighted by molar-refractivity contribution is 5.04. The van der Waals surface area contributed by atoms with E-state index in [0.717, 1.165) is 19.3 Å². The lowest BCUT2D eigenvalue weighted by Gasteiger charge is -1.94. The minimum atomic E-state index is 0.913. The Bertz CT molecular complexity index is 132. The van der Waals surface area contributed by atoms with Crippen LogP contribution in [0.5, 0.6) is 0 Å². The van der Waals surface area contributed by atoms with Crippen LogP contribution >= 0.6 is 0 Å². The summed E-state index contributed by atoms with van der Waals surface area (Å²) in [6, 6.07) is 0. The first-order chi connectivity index (χ1) is 4.31. The average Bonchev–Trinajstić information content (AvgIpc) is 1.89. The van der Waals surface area contributed by atoms with Crippen molar-refractivity contribution >= 4 is 0 Å². The van der Waals surface area contributed by atoms with Crippen LogP contribution in [0.4, 0.5) is 0 Å². The predicted molar refractivity (Wildman–Crippen MR) is 41.8 cm³/mol. The van der Waals surface area contributed by atoms with Crippen molar-refractivity contribution < 1.29 is 0 Å². The Morgan fingerprint density at radius 3 is 2.67 bits per heavy atom. The van der Waals surface area contributed by atoms with Crippen molar-refractivity contribution in [3.8, 4) is 11.8 Å². The molecule has 0 unspecified atom stereocenters. The Labute approximate surface area is 58.0 Å². The fourth-order valence-corrected chi connectivity index (χ4v) is 0.504. The van der Waals surface area contributed by atoms with E-state index in [-0.39, 0.29) is 0 Å². The molecule has 0 nitrogen and oxygen atoms in total. The van der Waals surface area contributed by atoms with Crippen LogP contribution in [0.15, 0.2) is 12.2 Å². The van der Waals surface area contributed by atoms with Gasteiger partial charge in [-0.05, 0) is 12.8 Å². The quantitative estimate of drug-likeness (QED) is 0.397. The topological polar surface area (TPSA) is 0 Å². The van der Waals surface area contributed by atoms with E-state index in [1.54, 1.807) is 0 Å². The number of rotatable bonds is 3. The molecular formula is C9H13. The summed E-state index contributed by atoms with van der Waals surface area (Å²) in [5.41, 5.74) is 1.28. The second kappa shape index (κ2) is 5.44. The van der Waals surface area contributed by atoms with Gasteiger partial charge in [0.1, 0.15) is 0 Å². The smallest absolute Gasteiger partial charge is 0.0198 e. The van der Waals surface area contributed by atoms with Gasteiger partial charge in [0.15, 0.2) is 0 Å². The molecule has 0 bridgehead atoms. The average molecular weight is 121 g/mol. The van der Waals surface area contributed by atoms with Gasteiger partial charge in [0.25, 0.3) is 0 Å². The molecule has 1 radical (unpaired) electrons. The Morgan fingerprint density at radius 1 is 1.56 bits per heavy atom. The van der Waals surface area contributed by atoms with E-state index in [2.05, 4.69) is 32.3 Å². The molecular weight excluding hydrogens is 108 g/mol. The molecule has 49 valence electrons. The molecule has 9 heavy (non-hydrogen) atoms. The van der Waals surface area contributed by atoms with Gasteiger partial charge in [0.05, 0.1) is 0 Å². The second-order valence-corrected chi connectivity index (χ2v) is 1.96. The lowest BCUT2D eigenvalue weighted by molar-refractivity contribution is 0.930. The monoisotopic (exact) mass is 121 g/mol. The SMILES string of the molecule is [CH2]C#CCCC(=C)CC. The summed E-state index contributed by atoms with van der Waals surface area (Å²) >= 11 is 0. The molecule has 0 rings (SSSR count). The maximum atomic E-state index is 3.86. The van der Waals surface area contributed by atoms with Gasteiger partial charge in [-0.2, -0.15) is 0 Å². The number of allylic oxidation sites excluding steroid dienone is 1. The van der Waals surface area contributed by atoms with E-state index in [0.29, 0.717) is 0 Å². The van der Waals surface area contributed by atoms with Crippen molar-refractivity contribution in [1.29, 1.82) is 0 Å². The van der Waals surface area contributed by atoms with E-state index < -0.39 is 0 Å². The lowest BCUT2D eigenvalue weighted by atomic mass is 10.1. The molecule has 0 heterocycles. The second-order valence-electron chi connectivity index (χ2n) is 1.96. The summed E-state index contributed by atoms with van der Waals surface area (Å²) in [6.45, 7) is 9.39. The van der Waals surface area contributed by atoms with Gasteiger partial charge in [0, 0.05) is 13.3 Å². The van der Waals surface area contributed by atoms with E-state index in [9.17, 15) is 0 Å². The molecule has 0 saturated carbocycles. The van der Waals surface area contributed by atoms with Gasteiger partial charge in [-0.25, -0.2) is 0 Å². The number of hydrogen-bond acceptors (Lipinski definition) is 0. The van der Waals surface area contributed by atoms with E-state index in [1.807, 2.05) is 0 Å². The normalized spacial score (nSPS) is 7.78. The van der Waals surface area contributed by atoms with Crippen LogP contribution in [0.3, 0.4) is 0 Å². The first-order valence-electron chi connectivity index (χ1n) is 3.22. The van der Waals surface area contributed by atoms with Crippen LogP contribution in [0, 0.1) is 18.8 Å². The molecule has 0 N–H and O–H groups in total. The Hall–Kier alpha value is -0.700. The molecule has 0 amide bonds. The molecule has 0 fully saturated rings. The standard InChI is InChI=1S/C9H13/c1-4-6-7-8-9(3)5-2/h1,3,5,7-8H2,2H3. The maximum absolute atomic E-state index is 3.86. The molecule has 0 aliphatic carbocycles. The summed E-state index contributed by atoms with van der Waals surface area (Å²) in [5.74, 6) is 5.50. The molecule has 0 atom stereocenters. The largest absolute Gasteiger partial charge is 0.103 e. The van der Waals surface area contributed by atoms with Crippen LogP contribution in [-0.2, 0) is 0 Å². The summed E-state index contributed by atoms with van der Waals surface area (Å²) in [7, 11) is 0. The highest BCUT2D eigenvalue weighted by atomic mass is 13.9. The molecule has 0 aliphatic heterocycles. The predicted octanol–water partition coefficient (Wildman–Crippen LogP) is 2.57. The summed E-state index contributed by atoms with van der Waals surface area (Å²) in [6.07, 6.45) is 3.01. The highest BCUT2D eigenvalue weighted by Gasteiger charge is 1.85. The molecule has 0 spiro atoms. The van der Waals surface area contributed by atoms with Crippen LogP contribution < -0.4 is 0 Å². The van der Waals surface area contributed by atoms with Crippen LogP contribution in [-0.4, -0.2) is 0 Å². The zero-order valence-corrected chi connectivity index (χ0v) is 6.04. The fraction of sp³-hybridized carbons (Fsp3) is 0.444. The van der Waals surface area contributed by atoms with E-state index in [1.165, 1.54) is 5.57 Å². The minimum absolute atomic E-state index is 0.913. The fourth-order valence-electron chi connectivity index (χ4n) is 0.504. The van der Waals surface area contributed by atoms with Crippen molar-refractivity contribution in [2.24, 2.45) is 0 Å². The summed E-state index contributed by atoms with van der Waals surface area (Å²) in [5, 5.41) is 0. The van der Waals surface area contributed by atoms with Crippen molar-refractivity contribution in [2.75, 3.05) is 0 Å². The molecule has 0 aromatic carbocycles. The van der Waals surface area contributed by atoms with Crippen LogP contribution in [0.25, 0.3) is 0 Å². The van der Waals surface area contributed by atoms with Crippen molar-refractivity contribution in [3.05, 3.63) is 19.1 Å². The molecule has 0 aliphatic rings. The third-order valence-corrected chi connectivity index (χ3v) is 1.23. The van der Waals surface area contributed by atoms with Crippen molar-refractivity contribution in [1.82, 2.24) is 0 Å².